The Morgan fingerprint density at radius 3 is 1.12 bits per heavy atom. The standard InChI is InChI=1S/C60H36N2O2/c1-2-18-37(19-3-1)38-20-4-5-23-41(38)56-42-24-6-8-26-44(42)57(45-27-9-7-25-43(45)56)46-28-10-11-29-49(46)60-61-52(50-32-16-30-47-39-21-12-14-34-54(39)63-58(47)50)36-53(62-60)51-33-17-31-48-40-22-13-15-35-55(40)64-59(48)51/h1-36H. The largest absolute Gasteiger partial charge is 0.455 e. The Balaban J connectivity index is 1.09. The minimum absolute atomic E-state index is 0.607. The lowest BCUT2D eigenvalue weighted by Gasteiger charge is -2.21. The number of benzene rings is 10. The van der Waals surface area contributed by atoms with E-state index in [9.17, 15) is 0 Å². The Labute approximate surface area is 368 Å². The average Bonchev–Trinajstić information content (AvgIpc) is 3.95. The van der Waals surface area contributed by atoms with Gasteiger partial charge in [-0.25, -0.2) is 9.97 Å². The van der Waals surface area contributed by atoms with E-state index in [1.165, 1.54) is 33.0 Å². The molecule has 10 aromatic carbocycles. The van der Waals surface area contributed by atoms with Crippen molar-refractivity contribution in [3.63, 3.8) is 0 Å². The fourth-order valence-electron chi connectivity index (χ4n) is 9.92. The van der Waals surface area contributed by atoms with Gasteiger partial charge in [0.2, 0.25) is 0 Å². The van der Waals surface area contributed by atoms with Crippen LogP contribution in [-0.4, -0.2) is 9.97 Å². The van der Waals surface area contributed by atoms with E-state index in [0.29, 0.717) is 5.82 Å². The summed E-state index contributed by atoms with van der Waals surface area (Å²) in [5.74, 6) is 0.607. The van der Waals surface area contributed by atoms with Crippen LogP contribution in [-0.2, 0) is 0 Å². The summed E-state index contributed by atoms with van der Waals surface area (Å²) in [6.07, 6.45) is 0. The van der Waals surface area contributed by atoms with Crippen molar-refractivity contribution in [2.24, 2.45) is 0 Å². The van der Waals surface area contributed by atoms with E-state index in [1.54, 1.807) is 0 Å². The first-order valence-electron chi connectivity index (χ1n) is 21.7. The number of hydrogen-bond acceptors (Lipinski definition) is 4. The first kappa shape index (κ1) is 36.1. The number of rotatable bonds is 6. The molecular formula is C60H36N2O2. The van der Waals surface area contributed by atoms with E-state index in [1.807, 2.05) is 24.3 Å². The summed E-state index contributed by atoms with van der Waals surface area (Å²) in [7, 11) is 0. The number of furan rings is 2. The Morgan fingerprint density at radius 2 is 0.625 bits per heavy atom. The topological polar surface area (TPSA) is 52.1 Å². The molecule has 0 amide bonds. The quantitative estimate of drug-likeness (QED) is 0.157. The molecule has 3 heterocycles. The van der Waals surface area contributed by atoms with Crippen LogP contribution >= 0.6 is 0 Å². The van der Waals surface area contributed by atoms with Gasteiger partial charge in [-0.15, -0.1) is 0 Å². The van der Waals surface area contributed by atoms with E-state index >= 15 is 0 Å². The van der Waals surface area contributed by atoms with E-state index in [4.69, 9.17) is 18.8 Å². The Morgan fingerprint density at radius 1 is 0.266 bits per heavy atom. The minimum Gasteiger partial charge on any atom is -0.455 e. The second-order valence-corrected chi connectivity index (χ2v) is 16.3. The summed E-state index contributed by atoms with van der Waals surface area (Å²) in [6.45, 7) is 0. The molecule has 4 nitrogen and oxygen atoms in total. The molecule has 0 saturated heterocycles. The summed E-state index contributed by atoms with van der Waals surface area (Å²) in [4.78, 5) is 11.0. The predicted molar refractivity (Wildman–Crippen MR) is 264 cm³/mol. The molecule has 0 aliphatic heterocycles. The molecule has 298 valence electrons. The maximum absolute atomic E-state index is 6.63. The van der Waals surface area contributed by atoms with E-state index in [-0.39, 0.29) is 0 Å². The number of aromatic nitrogens is 2. The Hall–Kier alpha value is -8.60. The van der Waals surface area contributed by atoms with Gasteiger partial charge in [0, 0.05) is 38.2 Å². The third-order valence-corrected chi connectivity index (χ3v) is 12.7. The van der Waals surface area contributed by atoms with Gasteiger partial charge in [0.05, 0.1) is 11.4 Å². The van der Waals surface area contributed by atoms with Crippen molar-refractivity contribution in [2.75, 3.05) is 0 Å². The van der Waals surface area contributed by atoms with Gasteiger partial charge in [-0.1, -0.05) is 188 Å². The lowest BCUT2D eigenvalue weighted by atomic mass is 9.83. The van der Waals surface area contributed by atoms with Crippen LogP contribution in [0.3, 0.4) is 0 Å². The van der Waals surface area contributed by atoms with Crippen LogP contribution in [0, 0.1) is 0 Å². The predicted octanol–water partition coefficient (Wildman–Crippen LogP) is 16.6. The summed E-state index contributed by atoms with van der Waals surface area (Å²) in [5, 5.41) is 8.89. The van der Waals surface area contributed by atoms with Gasteiger partial charge >= 0.3 is 0 Å². The molecular weight excluding hydrogens is 781 g/mol. The van der Waals surface area contributed by atoms with Crippen molar-refractivity contribution in [3.8, 4) is 67.3 Å². The fraction of sp³-hybridized carbons (Fsp3) is 0. The van der Waals surface area contributed by atoms with Crippen molar-refractivity contribution in [2.45, 2.75) is 0 Å². The van der Waals surface area contributed by atoms with Gasteiger partial charge in [0.25, 0.3) is 0 Å². The van der Waals surface area contributed by atoms with Crippen LogP contribution in [0.15, 0.2) is 227 Å². The molecule has 0 radical (unpaired) electrons. The summed E-state index contributed by atoms with van der Waals surface area (Å²) in [5.41, 5.74) is 14.5. The van der Waals surface area contributed by atoms with Crippen LogP contribution in [0.25, 0.3) is 133 Å². The van der Waals surface area contributed by atoms with Crippen LogP contribution < -0.4 is 0 Å². The smallest absolute Gasteiger partial charge is 0.161 e. The molecule has 0 saturated carbocycles. The van der Waals surface area contributed by atoms with Crippen molar-refractivity contribution in [1.82, 2.24) is 9.97 Å². The molecule has 0 fully saturated rings. The van der Waals surface area contributed by atoms with Gasteiger partial charge < -0.3 is 8.83 Å². The summed E-state index contributed by atoms with van der Waals surface area (Å²) in [6, 6.07) is 76.8. The summed E-state index contributed by atoms with van der Waals surface area (Å²) >= 11 is 0. The third-order valence-electron chi connectivity index (χ3n) is 12.7. The maximum Gasteiger partial charge on any atom is 0.161 e. The fourth-order valence-corrected chi connectivity index (χ4v) is 9.92. The van der Waals surface area contributed by atoms with Gasteiger partial charge in [0.1, 0.15) is 22.3 Å². The molecule has 0 aliphatic carbocycles. The second kappa shape index (κ2) is 14.5. The minimum atomic E-state index is 0.607. The van der Waals surface area contributed by atoms with E-state index < -0.39 is 0 Å². The van der Waals surface area contributed by atoms with E-state index in [2.05, 4.69) is 194 Å². The zero-order valence-electron chi connectivity index (χ0n) is 34.5. The molecule has 13 aromatic rings. The highest BCUT2D eigenvalue weighted by molar-refractivity contribution is 6.23. The lowest BCUT2D eigenvalue weighted by molar-refractivity contribution is 0.669. The molecule has 64 heavy (non-hydrogen) atoms. The Kier molecular flexibility index (Phi) is 8.18. The van der Waals surface area contributed by atoms with Crippen LogP contribution in [0.2, 0.25) is 0 Å². The molecule has 4 heteroatoms. The molecule has 0 bridgehead atoms. The van der Waals surface area contributed by atoms with Gasteiger partial charge in [-0.3, -0.25) is 0 Å². The molecule has 0 N–H and O–H groups in total. The van der Waals surface area contributed by atoms with Crippen LogP contribution in [0.5, 0.6) is 0 Å². The zero-order valence-corrected chi connectivity index (χ0v) is 34.5. The summed E-state index contributed by atoms with van der Waals surface area (Å²) < 4.78 is 13.3. The normalized spacial score (nSPS) is 11.8. The highest BCUT2D eigenvalue weighted by atomic mass is 16.3. The second-order valence-electron chi connectivity index (χ2n) is 16.3. The van der Waals surface area contributed by atoms with Crippen molar-refractivity contribution >= 4 is 65.4 Å². The van der Waals surface area contributed by atoms with Crippen molar-refractivity contribution in [3.05, 3.63) is 218 Å². The Bertz CT molecular complexity index is 3780. The number of fused-ring (bicyclic) bond motifs is 8. The number of para-hydroxylation sites is 4. The highest BCUT2D eigenvalue weighted by Gasteiger charge is 2.24. The highest BCUT2D eigenvalue weighted by Crippen LogP contribution is 2.48. The SMILES string of the molecule is c1ccc(-c2ccccc2-c2c3ccccc3c(-c3ccccc3-c3nc(-c4cccc5c4oc4ccccc45)cc(-c4cccc5c4oc4ccccc45)n3)c3ccccc23)cc1. The molecule has 0 unspecified atom stereocenters. The maximum atomic E-state index is 6.63. The van der Waals surface area contributed by atoms with Crippen LogP contribution in [0.4, 0.5) is 0 Å². The van der Waals surface area contributed by atoms with Crippen molar-refractivity contribution < 1.29 is 8.83 Å². The van der Waals surface area contributed by atoms with E-state index in [0.717, 1.165) is 93.9 Å². The van der Waals surface area contributed by atoms with Crippen molar-refractivity contribution in [1.29, 1.82) is 0 Å². The molecule has 3 aromatic heterocycles. The number of nitrogens with zero attached hydrogens (tertiary/aromatic N) is 2. The monoisotopic (exact) mass is 816 g/mol. The third kappa shape index (κ3) is 5.63. The van der Waals surface area contributed by atoms with Gasteiger partial charge in [-0.05, 0) is 85.3 Å². The van der Waals surface area contributed by atoms with Gasteiger partial charge in [0.15, 0.2) is 5.82 Å². The zero-order chi connectivity index (χ0) is 42.1. The first-order chi connectivity index (χ1) is 31.8. The van der Waals surface area contributed by atoms with Crippen LogP contribution in [0.1, 0.15) is 0 Å². The number of hydrogen-bond donors (Lipinski definition) is 0. The molecule has 13 rings (SSSR count). The first-order valence-corrected chi connectivity index (χ1v) is 21.7. The van der Waals surface area contributed by atoms with Gasteiger partial charge in [-0.2, -0.15) is 0 Å². The average molecular weight is 817 g/mol. The molecule has 0 spiro atoms. The lowest BCUT2D eigenvalue weighted by Crippen LogP contribution is -1.99. The molecule has 0 aliphatic rings. The molecule has 0 atom stereocenters.